The lowest BCUT2D eigenvalue weighted by atomic mass is 10.1. The van der Waals surface area contributed by atoms with E-state index in [-0.39, 0.29) is 22.9 Å². The second kappa shape index (κ2) is 9.53. The number of carbonyl (C=O) groups is 1. The molecular formula is C23H21F3N2O5. The van der Waals surface area contributed by atoms with Gasteiger partial charge in [-0.25, -0.2) is 4.99 Å². The number of para-hydroxylation sites is 1. The number of fused-ring (bicyclic) bond motifs is 1. The smallest absolute Gasteiger partial charge is 0.493 e. The molecule has 0 radical (unpaired) electrons. The normalized spacial score (nSPS) is 16.7. The fraction of sp³-hybridized carbons (Fsp3) is 0.304. The van der Waals surface area contributed by atoms with Crippen molar-refractivity contribution in [1.29, 1.82) is 0 Å². The Labute approximate surface area is 186 Å². The summed E-state index contributed by atoms with van der Waals surface area (Å²) in [5.41, 5.74) is 0.497. The van der Waals surface area contributed by atoms with Crippen LogP contribution in [0, 0.1) is 0 Å². The first kappa shape index (κ1) is 22.7. The van der Waals surface area contributed by atoms with E-state index in [9.17, 15) is 18.0 Å². The van der Waals surface area contributed by atoms with Crippen molar-refractivity contribution in [2.75, 3.05) is 20.3 Å². The second-order valence-electron chi connectivity index (χ2n) is 7.35. The van der Waals surface area contributed by atoms with Crippen LogP contribution in [0.4, 0.5) is 18.9 Å². The summed E-state index contributed by atoms with van der Waals surface area (Å²) in [4.78, 5) is 17.3. The van der Waals surface area contributed by atoms with E-state index < -0.39 is 18.0 Å². The van der Waals surface area contributed by atoms with Crippen molar-refractivity contribution in [3.05, 3.63) is 59.6 Å². The van der Waals surface area contributed by atoms with Crippen molar-refractivity contribution >= 4 is 22.6 Å². The molecule has 1 atom stereocenters. The number of halogens is 3. The summed E-state index contributed by atoms with van der Waals surface area (Å²) in [6, 6.07) is 11.9. The largest absolute Gasteiger partial charge is 0.573 e. The Bertz CT molecular complexity index is 1220. The van der Waals surface area contributed by atoms with Crippen molar-refractivity contribution in [2.45, 2.75) is 25.3 Å². The predicted octanol–water partition coefficient (Wildman–Crippen LogP) is 4.48. The molecule has 7 nitrogen and oxygen atoms in total. The minimum atomic E-state index is -4.84. The standard InChI is InChI=1S/C23H21F3N2O5/c1-30-19-9-2-5-14-11-18(21(29)27-13-17-8-4-10-31-17)22(32-20(14)19)28-15-6-3-7-16(12-15)33-23(24,25)26/h2-3,5-7,9,11-12,17H,4,8,10,13H2,1H3,(H,27,29). The molecular weight excluding hydrogens is 441 g/mol. The molecule has 0 saturated carbocycles. The summed E-state index contributed by atoms with van der Waals surface area (Å²) >= 11 is 0. The maximum atomic E-state index is 13.0. The Morgan fingerprint density at radius 2 is 2.03 bits per heavy atom. The number of alkyl halides is 3. The number of amides is 1. The predicted molar refractivity (Wildman–Crippen MR) is 112 cm³/mol. The van der Waals surface area contributed by atoms with Crippen molar-refractivity contribution in [3.63, 3.8) is 0 Å². The highest BCUT2D eigenvalue weighted by Crippen LogP contribution is 2.27. The number of nitrogens with one attached hydrogen (secondary N) is 1. The zero-order valence-electron chi connectivity index (χ0n) is 17.6. The molecule has 1 aliphatic heterocycles. The van der Waals surface area contributed by atoms with Gasteiger partial charge in [-0.2, -0.15) is 0 Å². The molecule has 3 aromatic rings. The number of rotatable bonds is 6. The van der Waals surface area contributed by atoms with Gasteiger partial charge < -0.3 is 23.9 Å². The molecule has 1 unspecified atom stereocenters. The fourth-order valence-corrected chi connectivity index (χ4v) is 3.51. The third-order valence-electron chi connectivity index (χ3n) is 5.00. The van der Waals surface area contributed by atoms with Gasteiger partial charge in [-0.1, -0.05) is 18.2 Å². The summed E-state index contributed by atoms with van der Waals surface area (Å²) < 4.78 is 58.5. The molecule has 0 bridgehead atoms. The molecule has 2 heterocycles. The highest BCUT2D eigenvalue weighted by Gasteiger charge is 2.31. The quantitative estimate of drug-likeness (QED) is 0.584. The van der Waals surface area contributed by atoms with E-state index in [2.05, 4.69) is 15.0 Å². The maximum absolute atomic E-state index is 13.0. The van der Waals surface area contributed by atoms with Crippen LogP contribution in [0.2, 0.25) is 0 Å². The van der Waals surface area contributed by atoms with Crippen molar-refractivity contribution < 1.29 is 36.6 Å². The molecule has 1 aromatic heterocycles. The van der Waals surface area contributed by atoms with Crippen LogP contribution in [-0.2, 0) is 4.74 Å². The number of methoxy groups -OCH3 is 1. The molecule has 1 aliphatic rings. The van der Waals surface area contributed by atoms with Crippen LogP contribution < -0.4 is 20.3 Å². The van der Waals surface area contributed by atoms with Gasteiger partial charge in [0.1, 0.15) is 11.3 Å². The topological polar surface area (TPSA) is 82.3 Å². The van der Waals surface area contributed by atoms with Crippen LogP contribution in [0.1, 0.15) is 23.2 Å². The number of hydrogen-bond donors (Lipinski definition) is 1. The minimum Gasteiger partial charge on any atom is -0.493 e. The number of ether oxygens (including phenoxy) is 3. The second-order valence-corrected chi connectivity index (χ2v) is 7.35. The molecule has 1 fully saturated rings. The molecule has 33 heavy (non-hydrogen) atoms. The van der Waals surface area contributed by atoms with E-state index in [0.717, 1.165) is 25.0 Å². The van der Waals surface area contributed by atoms with Gasteiger partial charge in [0.25, 0.3) is 5.91 Å². The Hall–Kier alpha value is -3.53. The average molecular weight is 462 g/mol. The van der Waals surface area contributed by atoms with Gasteiger partial charge in [-0.05, 0) is 37.1 Å². The van der Waals surface area contributed by atoms with Crippen LogP contribution in [0.15, 0.2) is 57.9 Å². The van der Waals surface area contributed by atoms with Gasteiger partial charge in [0.15, 0.2) is 11.3 Å². The third kappa shape index (κ3) is 5.64. The van der Waals surface area contributed by atoms with Crippen LogP contribution in [-0.4, -0.2) is 38.6 Å². The number of hydrogen-bond acceptors (Lipinski definition) is 6. The lowest BCUT2D eigenvalue weighted by Crippen LogP contribution is -2.34. The van der Waals surface area contributed by atoms with E-state index in [0.29, 0.717) is 29.9 Å². The molecule has 2 aromatic carbocycles. The molecule has 10 heteroatoms. The van der Waals surface area contributed by atoms with E-state index in [4.69, 9.17) is 13.9 Å². The molecule has 4 rings (SSSR count). The van der Waals surface area contributed by atoms with Crippen LogP contribution in [0.3, 0.4) is 0 Å². The monoisotopic (exact) mass is 462 g/mol. The zero-order valence-corrected chi connectivity index (χ0v) is 17.6. The molecule has 0 spiro atoms. The first-order valence-electron chi connectivity index (χ1n) is 10.2. The minimum absolute atomic E-state index is 0.0666. The van der Waals surface area contributed by atoms with Gasteiger partial charge in [0.2, 0.25) is 5.55 Å². The van der Waals surface area contributed by atoms with Gasteiger partial charge >= 0.3 is 6.36 Å². The van der Waals surface area contributed by atoms with Gasteiger partial charge in [0, 0.05) is 24.6 Å². The summed E-state index contributed by atoms with van der Waals surface area (Å²) in [5.74, 6) is -0.462. The van der Waals surface area contributed by atoms with E-state index in [1.807, 2.05) is 0 Å². The van der Waals surface area contributed by atoms with E-state index >= 15 is 0 Å². The summed E-state index contributed by atoms with van der Waals surface area (Å²) in [6.45, 7) is 0.978. The van der Waals surface area contributed by atoms with E-state index in [1.165, 1.54) is 19.2 Å². The molecule has 1 saturated heterocycles. The first-order valence-corrected chi connectivity index (χ1v) is 10.2. The van der Waals surface area contributed by atoms with Gasteiger partial charge in [-0.15, -0.1) is 13.2 Å². The Morgan fingerprint density at radius 1 is 1.21 bits per heavy atom. The SMILES string of the molecule is COc1cccc2cc(C(=O)NCC3CCCO3)c(=Nc3cccc(OC(F)(F)F)c3)oc12. The van der Waals surface area contributed by atoms with Crippen LogP contribution in [0.5, 0.6) is 11.5 Å². The highest BCUT2D eigenvalue weighted by molar-refractivity contribution is 5.97. The summed E-state index contributed by atoms with van der Waals surface area (Å²) in [6.07, 6.45) is -3.12. The highest BCUT2D eigenvalue weighted by atomic mass is 19.4. The molecule has 1 N–H and O–H groups in total. The summed E-state index contributed by atoms with van der Waals surface area (Å²) in [7, 11) is 1.47. The Kier molecular flexibility index (Phi) is 6.55. The van der Waals surface area contributed by atoms with E-state index in [1.54, 1.807) is 24.3 Å². The van der Waals surface area contributed by atoms with Gasteiger partial charge in [-0.3, -0.25) is 4.79 Å². The lowest BCUT2D eigenvalue weighted by Gasteiger charge is -2.12. The number of benzene rings is 2. The van der Waals surface area contributed by atoms with Crippen LogP contribution >= 0.6 is 0 Å². The summed E-state index contributed by atoms with van der Waals surface area (Å²) in [5, 5.41) is 3.42. The third-order valence-corrected chi connectivity index (χ3v) is 5.00. The van der Waals surface area contributed by atoms with Crippen molar-refractivity contribution in [2.24, 2.45) is 4.99 Å². The first-order chi connectivity index (χ1) is 15.8. The Morgan fingerprint density at radius 3 is 2.76 bits per heavy atom. The van der Waals surface area contributed by atoms with Crippen LogP contribution in [0.25, 0.3) is 11.0 Å². The lowest BCUT2D eigenvalue weighted by molar-refractivity contribution is -0.274. The maximum Gasteiger partial charge on any atom is 0.573 e. The van der Waals surface area contributed by atoms with Crippen molar-refractivity contribution in [1.82, 2.24) is 5.32 Å². The van der Waals surface area contributed by atoms with Gasteiger partial charge in [0.05, 0.1) is 18.9 Å². The molecule has 174 valence electrons. The fourth-order valence-electron chi connectivity index (χ4n) is 3.51. The number of nitrogens with zero attached hydrogens (tertiary/aromatic N) is 1. The number of carbonyl (C=O) groups excluding carboxylic acids is 1. The Balaban J connectivity index is 1.76. The van der Waals surface area contributed by atoms with Crippen molar-refractivity contribution in [3.8, 4) is 11.5 Å². The molecule has 0 aliphatic carbocycles. The zero-order chi connectivity index (χ0) is 23.4. The average Bonchev–Trinajstić information content (AvgIpc) is 3.29. The molecule has 1 amide bonds.